The van der Waals surface area contributed by atoms with Gasteiger partial charge in [-0.3, -0.25) is 9.59 Å². The predicted octanol–water partition coefficient (Wildman–Crippen LogP) is 1.92. The van der Waals surface area contributed by atoms with E-state index in [4.69, 9.17) is 0 Å². The number of amides is 2. The summed E-state index contributed by atoms with van der Waals surface area (Å²) in [6, 6.07) is 5.97. The van der Waals surface area contributed by atoms with Crippen LogP contribution in [0.15, 0.2) is 30.5 Å². The fourth-order valence-electron chi connectivity index (χ4n) is 3.18. The summed E-state index contributed by atoms with van der Waals surface area (Å²) in [7, 11) is 1.63. The van der Waals surface area contributed by atoms with Crippen molar-refractivity contribution in [3.05, 3.63) is 47.5 Å². The molecule has 0 bridgehead atoms. The maximum atomic E-state index is 13.1. The monoisotopic (exact) mass is 344 g/mol. The second-order valence-electron chi connectivity index (χ2n) is 6.21. The molecule has 2 amide bonds. The van der Waals surface area contributed by atoms with Gasteiger partial charge in [0, 0.05) is 26.1 Å². The molecule has 0 atom stereocenters. The lowest BCUT2D eigenvalue weighted by molar-refractivity contribution is -0.125. The largest absolute Gasteiger partial charge is 0.359 e. The van der Waals surface area contributed by atoms with E-state index in [1.807, 2.05) is 6.92 Å². The normalized spacial score (nSPS) is 15.2. The Morgan fingerprint density at radius 1 is 1.20 bits per heavy atom. The van der Waals surface area contributed by atoms with Crippen molar-refractivity contribution in [3.63, 3.8) is 0 Å². The number of benzene rings is 1. The molecule has 0 radical (unpaired) electrons. The quantitative estimate of drug-likeness (QED) is 0.925. The summed E-state index contributed by atoms with van der Waals surface area (Å²) in [5, 5.41) is 6.93. The van der Waals surface area contributed by atoms with Crippen LogP contribution in [0, 0.1) is 18.7 Å². The number of piperidine rings is 1. The second kappa shape index (κ2) is 7.04. The summed E-state index contributed by atoms with van der Waals surface area (Å²) < 4.78 is 14.7. The SMILES string of the molecule is CNC(=O)C1CCN(C(=O)c2cnn(-c3ccc(F)cc3)c2C)CC1. The maximum absolute atomic E-state index is 13.1. The second-order valence-corrected chi connectivity index (χ2v) is 6.21. The number of rotatable bonds is 3. The molecule has 2 heterocycles. The number of hydrogen-bond donors (Lipinski definition) is 1. The highest BCUT2D eigenvalue weighted by molar-refractivity contribution is 5.95. The van der Waals surface area contributed by atoms with Crippen LogP contribution in [0.5, 0.6) is 0 Å². The Bertz CT molecular complexity index is 777. The van der Waals surface area contributed by atoms with Gasteiger partial charge in [-0.15, -0.1) is 0 Å². The zero-order chi connectivity index (χ0) is 18.0. The van der Waals surface area contributed by atoms with Crippen molar-refractivity contribution in [2.75, 3.05) is 20.1 Å². The lowest BCUT2D eigenvalue weighted by Gasteiger charge is -2.31. The van der Waals surface area contributed by atoms with Gasteiger partial charge in [-0.25, -0.2) is 9.07 Å². The van der Waals surface area contributed by atoms with Gasteiger partial charge in [0.25, 0.3) is 5.91 Å². The van der Waals surface area contributed by atoms with E-state index in [9.17, 15) is 14.0 Å². The lowest BCUT2D eigenvalue weighted by atomic mass is 9.95. The van der Waals surface area contributed by atoms with E-state index in [-0.39, 0.29) is 23.5 Å². The van der Waals surface area contributed by atoms with E-state index in [1.165, 1.54) is 12.1 Å². The number of aromatic nitrogens is 2. The number of carbonyl (C=O) groups is 2. The molecule has 1 aliphatic heterocycles. The number of carbonyl (C=O) groups excluding carboxylic acids is 2. The molecule has 1 aliphatic rings. The highest BCUT2D eigenvalue weighted by Crippen LogP contribution is 2.21. The van der Waals surface area contributed by atoms with Crippen molar-refractivity contribution < 1.29 is 14.0 Å². The minimum atomic E-state index is -0.316. The van der Waals surface area contributed by atoms with Gasteiger partial charge in [-0.1, -0.05) is 0 Å². The van der Waals surface area contributed by atoms with Crippen LogP contribution < -0.4 is 5.32 Å². The highest BCUT2D eigenvalue weighted by Gasteiger charge is 2.28. The van der Waals surface area contributed by atoms with Crippen LogP contribution in [0.2, 0.25) is 0 Å². The number of hydrogen-bond acceptors (Lipinski definition) is 3. The smallest absolute Gasteiger partial charge is 0.257 e. The van der Waals surface area contributed by atoms with Crippen LogP contribution in [-0.4, -0.2) is 46.6 Å². The van der Waals surface area contributed by atoms with E-state index >= 15 is 0 Å². The highest BCUT2D eigenvalue weighted by atomic mass is 19.1. The summed E-state index contributed by atoms with van der Waals surface area (Å²) in [6.45, 7) is 2.93. The Kier molecular flexibility index (Phi) is 4.83. The Balaban J connectivity index is 1.74. The molecule has 0 saturated carbocycles. The van der Waals surface area contributed by atoms with Gasteiger partial charge < -0.3 is 10.2 Å². The molecule has 25 heavy (non-hydrogen) atoms. The average Bonchev–Trinajstić information content (AvgIpc) is 3.02. The Labute approximate surface area is 145 Å². The van der Waals surface area contributed by atoms with Crippen LogP contribution in [-0.2, 0) is 4.79 Å². The predicted molar refractivity (Wildman–Crippen MR) is 91.0 cm³/mol. The number of nitrogens with one attached hydrogen (secondary N) is 1. The van der Waals surface area contributed by atoms with Crippen LogP contribution >= 0.6 is 0 Å². The first kappa shape index (κ1) is 17.1. The molecule has 1 fully saturated rings. The summed E-state index contributed by atoms with van der Waals surface area (Å²) in [6.07, 6.45) is 2.87. The number of halogens is 1. The molecule has 2 aromatic rings. The molecule has 0 spiro atoms. The Hall–Kier alpha value is -2.70. The summed E-state index contributed by atoms with van der Waals surface area (Å²) in [5.41, 5.74) is 1.95. The topological polar surface area (TPSA) is 67.2 Å². The summed E-state index contributed by atoms with van der Waals surface area (Å²) >= 11 is 0. The standard InChI is InChI=1S/C18H21FN4O2/c1-12-16(11-21-23(12)15-5-3-14(19)4-6-15)18(25)22-9-7-13(8-10-22)17(24)20-2/h3-6,11,13H,7-10H2,1-2H3,(H,20,24). The van der Waals surface area contributed by atoms with Crippen LogP contribution in [0.25, 0.3) is 5.69 Å². The van der Waals surface area contributed by atoms with Crippen molar-refractivity contribution in [2.24, 2.45) is 5.92 Å². The van der Waals surface area contributed by atoms with Crippen molar-refractivity contribution in [1.29, 1.82) is 0 Å². The lowest BCUT2D eigenvalue weighted by Crippen LogP contribution is -2.42. The maximum Gasteiger partial charge on any atom is 0.257 e. The van der Waals surface area contributed by atoms with E-state index in [2.05, 4.69) is 10.4 Å². The Morgan fingerprint density at radius 2 is 1.84 bits per heavy atom. The molecular formula is C18H21FN4O2. The molecule has 132 valence electrons. The van der Waals surface area contributed by atoms with Crippen molar-refractivity contribution in [3.8, 4) is 5.69 Å². The van der Waals surface area contributed by atoms with Gasteiger partial charge in [-0.2, -0.15) is 5.10 Å². The van der Waals surface area contributed by atoms with Gasteiger partial charge in [0.1, 0.15) is 5.82 Å². The molecule has 6 nitrogen and oxygen atoms in total. The van der Waals surface area contributed by atoms with E-state index < -0.39 is 0 Å². The van der Waals surface area contributed by atoms with Crippen molar-refractivity contribution in [1.82, 2.24) is 20.0 Å². The Morgan fingerprint density at radius 3 is 2.44 bits per heavy atom. The summed E-state index contributed by atoms with van der Waals surface area (Å²) in [5.74, 6) is -0.394. The van der Waals surface area contributed by atoms with E-state index in [0.29, 0.717) is 42.9 Å². The van der Waals surface area contributed by atoms with E-state index in [0.717, 1.165) is 0 Å². The van der Waals surface area contributed by atoms with Crippen LogP contribution in [0.3, 0.4) is 0 Å². The minimum absolute atomic E-state index is 0.0305. The van der Waals surface area contributed by atoms with Gasteiger partial charge in [0.05, 0.1) is 23.1 Å². The fraction of sp³-hybridized carbons (Fsp3) is 0.389. The minimum Gasteiger partial charge on any atom is -0.359 e. The van der Waals surface area contributed by atoms with E-state index in [1.54, 1.807) is 35.0 Å². The number of nitrogens with zero attached hydrogens (tertiary/aromatic N) is 3. The molecule has 1 aromatic heterocycles. The molecule has 0 aliphatic carbocycles. The first-order valence-electron chi connectivity index (χ1n) is 8.32. The molecule has 3 rings (SSSR count). The summed E-state index contributed by atoms with van der Waals surface area (Å²) in [4.78, 5) is 26.2. The number of likely N-dealkylation sites (tertiary alicyclic amines) is 1. The molecule has 1 N–H and O–H groups in total. The van der Waals surface area contributed by atoms with Gasteiger partial charge in [-0.05, 0) is 44.0 Å². The van der Waals surface area contributed by atoms with Crippen molar-refractivity contribution in [2.45, 2.75) is 19.8 Å². The van der Waals surface area contributed by atoms with Crippen LogP contribution in [0.4, 0.5) is 4.39 Å². The zero-order valence-electron chi connectivity index (χ0n) is 14.3. The average molecular weight is 344 g/mol. The molecule has 1 aromatic carbocycles. The zero-order valence-corrected chi connectivity index (χ0v) is 14.3. The molecular weight excluding hydrogens is 323 g/mol. The molecule has 1 saturated heterocycles. The third-order valence-corrected chi connectivity index (χ3v) is 4.71. The fourth-order valence-corrected chi connectivity index (χ4v) is 3.18. The first-order chi connectivity index (χ1) is 12.0. The third kappa shape index (κ3) is 3.40. The third-order valence-electron chi connectivity index (χ3n) is 4.71. The van der Waals surface area contributed by atoms with Gasteiger partial charge in [0.2, 0.25) is 5.91 Å². The first-order valence-corrected chi connectivity index (χ1v) is 8.32. The molecule has 0 unspecified atom stereocenters. The van der Waals surface area contributed by atoms with Crippen molar-refractivity contribution >= 4 is 11.8 Å². The van der Waals surface area contributed by atoms with Gasteiger partial charge >= 0.3 is 0 Å². The van der Waals surface area contributed by atoms with Gasteiger partial charge in [0.15, 0.2) is 0 Å². The van der Waals surface area contributed by atoms with Crippen LogP contribution in [0.1, 0.15) is 28.9 Å². The molecule has 7 heteroatoms.